The van der Waals surface area contributed by atoms with Crippen LogP contribution >= 0.6 is 11.6 Å². The first-order valence-corrected chi connectivity index (χ1v) is 6.47. The van der Waals surface area contributed by atoms with E-state index in [0.717, 1.165) is 23.8 Å². The molecule has 1 N–H and O–H groups in total. The maximum absolute atomic E-state index is 10.4. The van der Waals surface area contributed by atoms with E-state index in [1.807, 2.05) is 25.1 Å². The molecule has 0 spiro atoms. The van der Waals surface area contributed by atoms with Gasteiger partial charge >= 0.3 is 0 Å². The lowest BCUT2D eigenvalue weighted by atomic mass is 9.94. The second-order valence-corrected chi connectivity index (χ2v) is 5.43. The first-order valence-electron chi connectivity index (χ1n) is 6.09. The molecule has 1 aliphatic heterocycles. The van der Waals surface area contributed by atoms with Crippen LogP contribution in [0.1, 0.15) is 31.6 Å². The number of ether oxygens (including phenoxy) is 1. The Balaban J connectivity index is 1.98. The molecular weight excluding hydrogens is 252 g/mol. The highest BCUT2D eigenvalue weighted by Crippen LogP contribution is 2.39. The number of halogens is 1. The number of hydrogen-bond acceptors (Lipinski definition) is 3. The van der Waals surface area contributed by atoms with Crippen LogP contribution in [0.5, 0.6) is 0 Å². The lowest BCUT2D eigenvalue weighted by Crippen LogP contribution is -2.31. The third-order valence-electron chi connectivity index (χ3n) is 3.59. The summed E-state index contributed by atoms with van der Waals surface area (Å²) in [5.41, 5.74) is 0.188. The van der Waals surface area contributed by atoms with Crippen LogP contribution in [0.4, 0.5) is 0 Å². The van der Waals surface area contributed by atoms with Gasteiger partial charge in [0, 0.05) is 17.0 Å². The summed E-state index contributed by atoms with van der Waals surface area (Å²) in [6.45, 7) is 2.62. The topological polar surface area (TPSA) is 42.6 Å². The van der Waals surface area contributed by atoms with Gasteiger partial charge in [0.05, 0.1) is 5.60 Å². The molecule has 1 fully saturated rings. The molecule has 1 aliphatic rings. The fourth-order valence-electron chi connectivity index (χ4n) is 2.49. The Hall–Kier alpha value is -1.03. The maximum Gasteiger partial charge on any atom is 0.140 e. The molecule has 96 valence electrons. The summed E-state index contributed by atoms with van der Waals surface area (Å²) in [5, 5.41) is 12.0. The average Bonchev–Trinajstić information content (AvgIpc) is 2.94. The van der Waals surface area contributed by atoms with Crippen molar-refractivity contribution >= 4 is 22.6 Å². The normalized spacial score (nSPS) is 25.7. The molecule has 0 saturated carbocycles. The number of aliphatic hydroxyl groups excluding tert-OH is 1. The molecule has 0 radical (unpaired) electrons. The molecule has 4 heteroatoms. The lowest BCUT2D eigenvalue weighted by Gasteiger charge is -2.27. The van der Waals surface area contributed by atoms with E-state index in [2.05, 4.69) is 0 Å². The molecule has 1 saturated heterocycles. The minimum Gasteiger partial charge on any atom is -0.458 e. The van der Waals surface area contributed by atoms with E-state index >= 15 is 0 Å². The summed E-state index contributed by atoms with van der Waals surface area (Å²) in [7, 11) is 0. The molecule has 18 heavy (non-hydrogen) atoms. The molecule has 3 nitrogen and oxygen atoms in total. The smallest absolute Gasteiger partial charge is 0.140 e. The van der Waals surface area contributed by atoms with E-state index < -0.39 is 11.7 Å². The standard InChI is InChI=1S/C14H15ClO3/c1-14(5-2-6-17-14)13(16)12-8-9-7-10(15)3-4-11(9)18-12/h3-4,7-8,13,16H,2,5-6H2,1H3. The van der Waals surface area contributed by atoms with Crippen LogP contribution in [0.3, 0.4) is 0 Å². The van der Waals surface area contributed by atoms with E-state index in [1.54, 1.807) is 6.07 Å². The van der Waals surface area contributed by atoms with Gasteiger partial charge in [0.2, 0.25) is 0 Å². The number of aliphatic hydroxyl groups is 1. The fraction of sp³-hybridized carbons (Fsp3) is 0.429. The van der Waals surface area contributed by atoms with Gasteiger partial charge in [-0.15, -0.1) is 0 Å². The molecule has 1 aromatic carbocycles. The SMILES string of the molecule is CC1(C(O)c2cc3cc(Cl)ccc3o2)CCCO1. The Bertz CT molecular complexity index is 569. The molecule has 0 bridgehead atoms. The van der Waals surface area contributed by atoms with E-state index in [0.29, 0.717) is 17.4 Å². The van der Waals surface area contributed by atoms with Crippen molar-refractivity contribution in [1.29, 1.82) is 0 Å². The first kappa shape index (κ1) is 12.0. The number of hydrogen-bond donors (Lipinski definition) is 1. The lowest BCUT2D eigenvalue weighted by molar-refractivity contribution is -0.0869. The van der Waals surface area contributed by atoms with Crippen molar-refractivity contribution in [3.05, 3.63) is 35.0 Å². The quantitative estimate of drug-likeness (QED) is 0.901. The Labute approximate surface area is 110 Å². The Morgan fingerprint density at radius 1 is 1.39 bits per heavy atom. The van der Waals surface area contributed by atoms with Crippen LogP contribution in [0, 0.1) is 0 Å². The van der Waals surface area contributed by atoms with Gasteiger partial charge in [-0.2, -0.15) is 0 Å². The predicted molar refractivity (Wildman–Crippen MR) is 69.8 cm³/mol. The minimum absolute atomic E-state index is 0.539. The second kappa shape index (κ2) is 4.26. The van der Waals surface area contributed by atoms with E-state index in [4.69, 9.17) is 20.8 Å². The van der Waals surface area contributed by atoms with Crippen molar-refractivity contribution < 1.29 is 14.3 Å². The van der Waals surface area contributed by atoms with Gasteiger partial charge in [0.15, 0.2) is 0 Å². The van der Waals surface area contributed by atoms with Crippen molar-refractivity contribution in [1.82, 2.24) is 0 Å². The Morgan fingerprint density at radius 3 is 2.94 bits per heavy atom. The molecule has 2 heterocycles. The Morgan fingerprint density at radius 2 is 2.22 bits per heavy atom. The van der Waals surface area contributed by atoms with Crippen LogP contribution in [0.15, 0.2) is 28.7 Å². The second-order valence-electron chi connectivity index (χ2n) is 5.00. The van der Waals surface area contributed by atoms with Gasteiger partial charge in [0.25, 0.3) is 0 Å². The molecular formula is C14H15ClO3. The van der Waals surface area contributed by atoms with Crippen LogP contribution < -0.4 is 0 Å². The van der Waals surface area contributed by atoms with Crippen molar-refractivity contribution in [2.24, 2.45) is 0 Å². The molecule has 2 aromatic rings. The number of rotatable bonds is 2. The molecule has 3 rings (SSSR count). The van der Waals surface area contributed by atoms with Crippen LogP contribution in [0.25, 0.3) is 11.0 Å². The summed E-state index contributed by atoms with van der Waals surface area (Å²) in [4.78, 5) is 0. The summed E-state index contributed by atoms with van der Waals surface area (Å²) in [5.74, 6) is 0.539. The van der Waals surface area contributed by atoms with Gasteiger partial charge in [-0.25, -0.2) is 0 Å². The van der Waals surface area contributed by atoms with E-state index in [1.165, 1.54) is 0 Å². The number of benzene rings is 1. The van der Waals surface area contributed by atoms with Crippen molar-refractivity contribution in [3.8, 4) is 0 Å². The zero-order chi connectivity index (χ0) is 12.8. The van der Waals surface area contributed by atoms with E-state index in [-0.39, 0.29) is 0 Å². The largest absolute Gasteiger partial charge is 0.458 e. The highest BCUT2D eigenvalue weighted by atomic mass is 35.5. The summed E-state index contributed by atoms with van der Waals surface area (Å²) in [6, 6.07) is 7.25. The average molecular weight is 267 g/mol. The zero-order valence-electron chi connectivity index (χ0n) is 10.1. The molecule has 0 amide bonds. The molecule has 1 aromatic heterocycles. The predicted octanol–water partition coefficient (Wildman–Crippen LogP) is 3.69. The van der Waals surface area contributed by atoms with Crippen LogP contribution in [0.2, 0.25) is 5.02 Å². The minimum atomic E-state index is -0.744. The van der Waals surface area contributed by atoms with Gasteiger partial charge < -0.3 is 14.3 Å². The van der Waals surface area contributed by atoms with Crippen LogP contribution in [-0.4, -0.2) is 17.3 Å². The first-order chi connectivity index (χ1) is 8.58. The summed E-state index contributed by atoms with van der Waals surface area (Å²) < 4.78 is 11.3. The number of furan rings is 1. The highest BCUT2D eigenvalue weighted by molar-refractivity contribution is 6.31. The molecule has 0 aliphatic carbocycles. The van der Waals surface area contributed by atoms with Crippen molar-refractivity contribution in [2.75, 3.05) is 6.61 Å². The van der Waals surface area contributed by atoms with Gasteiger partial charge in [0.1, 0.15) is 17.4 Å². The van der Waals surface area contributed by atoms with Gasteiger partial charge in [-0.05, 0) is 44.0 Å². The van der Waals surface area contributed by atoms with Crippen LogP contribution in [-0.2, 0) is 4.74 Å². The monoisotopic (exact) mass is 266 g/mol. The third kappa shape index (κ3) is 1.92. The number of fused-ring (bicyclic) bond motifs is 1. The van der Waals surface area contributed by atoms with Gasteiger partial charge in [-0.3, -0.25) is 0 Å². The van der Waals surface area contributed by atoms with Crippen molar-refractivity contribution in [3.63, 3.8) is 0 Å². The summed E-state index contributed by atoms with van der Waals surface area (Å²) in [6.07, 6.45) is 1.07. The van der Waals surface area contributed by atoms with E-state index in [9.17, 15) is 5.11 Å². The molecule has 2 atom stereocenters. The van der Waals surface area contributed by atoms with Gasteiger partial charge in [-0.1, -0.05) is 11.6 Å². The Kier molecular flexibility index (Phi) is 2.85. The van der Waals surface area contributed by atoms with Crippen molar-refractivity contribution in [2.45, 2.75) is 31.5 Å². The highest BCUT2D eigenvalue weighted by Gasteiger charge is 2.40. The summed E-state index contributed by atoms with van der Waals surface area (Å²) >= 11 is 5.93. The molecule has 2 unspecified atom stereocenters. The third-order valence-corrected chi connectivity index (χ3v) is 3.83. The maximum atomic E-state index is 10.4. The zero-order valence-corrected chi connectivity index (χ0v) is 10.9. The fourth-order valence-corrected chi connectivity index (χ4v) is 2.67.